The Labute approximate surface area is 128 Å². The molecule has 7 atom stereocenters. The van der Waals surface area contributed by atoms with Crippen molar-refractivity contribution in [1.29, 1.82) is 0 Å². The van der Waals surface area contributed by atoms with E-state index >= 15 is 0 Å². The van der Waals surface area contributed by atoms with E-state index in [9.17, 15) is 9.90 Å². The van der Waals surface area contributed by atoms with E-state index in [0.29, 0.717) is 5.92 Å². The topological polar surface area (TPSA) is 55.8 Å². The first kappa shape index (κ1) is 18.0. The lowest BCUT2D eigenvalue weighted by atomic mass is 9.79. The molecular formula is C17H28O4. The molecule has 0 bridgehead atoms. The van der Waals surface area contributed by atoms with Crippen LogP contribution >= 0.6 is 0 Å². The molecule has 0 radical (unpaired) electrons. The highest BCUT2D eigenvalue weighted by Crippen LogP contribution is 2.34. The van der Waals surface area contributed by atoms with Gasteiger partial charge in [-0.05, 0) is 32.6 Å². The zero-order chi connectivity index (χ0) is 16.2. The minimum absolute atomic E-state index is 0.0707. The van der Waals surface area contributed by atoms with Crippen LogP contribution in [0.1, 0.15) is 40.5 Å². The zero-order valence-electron chi connectivity index (χ0n) is 13.7. The Balaban J connectivity index is 2.77. The summed E-state index contributed by atoms with van der Waals surface area (Å²) in [5.74, 6) is 2.09. The van der Waals surface area contributed by atoms with Crippen LogP contribution in [0.5, 0.6) is 0 Å². The molecule has 120 valence electrons. The van der Waals surface area contributed by atoms with Gasteiger partial charge in [0.1, 0.15) is 0 Å². The summed E-state index contributed by atoms with van der Waals surface area (Å²) in [6, 6.07) is 0. The van der Waals surface area contributed by atoms with Crippen LogP contribution in [0.2, 0.25) is 0 Å². The van der Waals surface area contributed by atoms with Gasteiger partial charge in [0.15, 0.2) is 0 Å². The summed E-state index contributed by atoms with van der Waals surface area (Å²) >= 11 is 0. The first-order chi connectivity index (χ1) is 9.83. The van der Waals surface area contributed by atoms with E-state index in [1.807, 2.05) is 20.8 Å². The molecule has 0 spiro atoms. The summed E-state index contributed by atoms with van der Waals surface area (Å²) in [7, 11) is 1.39. The number of ether oxygens (including phenoxy) is 2. The zero-order valence-corrected chi connectivity index (χ0v) is 13.7. The summed E-state index contributed by atoms with van der Waals surface area (Å²) in [6.45, 7) is 7.75. The summed E-state index contributed by atoms with van der Waals surface area (Å²) in [6.07, 6.45) is 6.35. The standard InChI is InChI=1S/C17H28O4/c1-7-10(2)15(18)13(5)16-11(3)8-9-14(21-16)12(4)17(19)20-6/h1,10-16,18H,8-9H2,2-6H3/t10-,11-,12-,13-,14-,15+,16-/m0/s1. The second-order valence-corrected chi connectivity index (χ2v) is 6.31. The van der Waals surface area contributed by atoms with Gasteiger partial charge in [-0.15, -0.1) is 12.3 Å². The van der Waals surface area contributed by atoms with E-state index in [1.165, 1.54) is 7.11 Å². The van der Waals surface area contributed by atoms with E-state index in [1.54, 1.807) is 0 Å². The Morgan fingerprint density at radius 2 is 2.00 bits per heavy atom. The molecule has 1 saturated heterocycles. The van der Waals surface area contributed by atoms with Gasteiger partial charge in [0.25, 0.3) is 0 Å². The number of carbonyl (C=O) groups excluding carboxylic acids is 1. The molecule has 0 amide bonds. The molecule has 1 aliphatic rings. The van der Waals surface area contributed by atoms with Gasteiger partial charge in [-0.25, -0.2) is 0 Å². The van der Waals surface area contributed by atoms with Gasteiger partial charge in [-0.3, -0.25) is 4.79 Å². The monoisotopic (exact) mass is 296 g/mol. The number of aliphatic hydroxyl groups is 1. The Hall–Kier alpha value is -1.05. The van der Waals surface area contributed by atoms with Crippen molar-refractivity contribution in [3.8, 4) is 12.3 Å². The van der Waals surface area contributed by atoms with Gasteiger partial charge in [0, 0.05) is 11.8 Å². The van der Waals surface area contributed by atoms with Crippen LogP contribution in [0.25, 0.3) is 0 Å². The average Bonchev–Trinajstić information content (AvgIpc) is 2.51. The Morgan fingerprint density at radius 3 is 2.52 bits per heavy atom. The van der Waals surface area contributed by atoms with E-state index in [4.69, 9.17) is 15.9 Å². The van der Waals surface area contributed by atoms with E-state index in [0.717, 1.165) is 12.8 Å². The van der Waals surface area contributed by atoms with Crippen molar-refractivity contribution in [2.24, 2.45) is 23.7 Å². The predicted molar refractivity (Wildman–Crippen MR) is 81.4 cm³/mol. The molecule has 0 aromatic carbocycles. The fourth-order valence-electron chi connectivity index (χ4n) is 3.09. The molecule has 1 N–H and O–H groups in total. The highest BCUT2D eigenvalue weighted by atomic mass is 16.5. The number of aliphatic hydroxyl groups excluding tert-OH is 1. The molecule has 0 aromatic rings. The molecular weight excluding hydrogens is 268 g/mol. The van der Waals surface area contributed by atoms with Gasteiger partial charge < -0.3 is 14.6 Å². The largest absolute Gasteiger partial charge is 0.469 e. The predicted octanol–water partition coefficient (Wildman–Crippen LogP) is 2.25. The number of hydrogen-bond donors (Lipinski definition) is 1. The third-order valence-corrected chi connectivity index (χ3v) is 4.76. The number of rotatable bonds is 5. The number of carbonyl (C=O) groups is 1. The molecule has 1 fully saturated rings. The number of methoxy groups -OCH3 is 1. The normalized spacial score (nSPS) is 31.6. The third kappa shape index (κ3) is 4.21. The Bertz CT molecular complexity index is 387. The minimum atomic E-state index is -0.602. The van der Waals surface area contributed by atoms with Crippen molar-refractivity contribution >= 4 is 5.97 Å². The van der Waals surface area contributed by atoms with Gasteiger partial charge >= 0.3 is 5.97 Å². The van der Waals surface area contributed by atoms with E-state index < -0.39 is 6.10 Å². The fraction of sp³-hybridized carbons (Fsp3) is 0.824. The van der Waals surface area contributed by atoms with Gasteiger partial charge in [0.2, 0.25) is 0 Å². The molecule has 1 heterocycles. The Morgan fingerprint density at radius 1 is 1.38 bits per heavy atom. The van der Waals surface area contributed by atoms with Crippen molar-refractivity contribution in [2.75, 3.05) is 7.11 Å². The SMILES string of the molecule is C#C[C@H](C)[C@@H](O)[C@H](C)[C@H]1O[C@H]([C@H](C)C(=O)OC)CC[C@@H]1C. The fourth-order valence-corrected chi connectivity index (χ4v) is 3.09. The molecule has 1 rings (SSSR count). The van der Waals surface area contributed by atoms with Crippen LogP contribution in [0.15, 0.2) is 0 Å². The van der Waals surface area contributed by atoms with E-state index in [-0.39, 0.29) is 35.9 Å². The molecule has 0 unspecified atom stereocenters. The Kier molecular flexibility index (Phi) is 6.70. The first-order valence-electron chi connectivity index (χ1n) is 7.70. The summed E-state index contributed by atoms with van der Waals surface area (Å²) in [5, 5.41) is 10.3. The van der Waals surface area contributed by atoms with Crippen LogP contribution in [0, 0.1) is 36.0 Å². The number of terminal acetylenes is 1. The number of hydrogen-bond acceptors (Lipinski definition) is 4. The van der Waals surface area contributed by atoms with Crippen molar-refractivity contribution in [3.05, 3.63) is 0 Å². The van der Waals surface area contributed by atoms with Gasteiger partial charge in [0.05, 0.1) is 31.3 Å². The first-order valence-corrected chi connectivity index (χ1v) is 7.70. The minimum Gasteiger partial charge on any atom is -0.469 e. The summed E-state index contributed by atoms with van der Waals surface area (Å²) in [5.41, 5.74) is 0. The van der Waals surface area contributed by atoms with Crippen LogP contribution < -0.4 is 0 Å². The molecule has 4 heteroatoms. The van der Waals surface area contributed by atoms with E-state index in [2.05, 4.69) is 12.8 Å². The molecule has 0 aromatic heterocycles. The van der Waals surface area contributed by atoms with Crippen molar-refractivity contribution in [1.82, 2.24) is 0 Å². The lowest BCUT2D eigenvalue weighted by molar-refractivity contribution is -0.167. The maximum atomic E-state index is 11.7. The highest BCUT2D eigenvalue weighted by Gasteiger charge is 2.39. The summed E-state index contributed by atoms with van der Waals surface area (Å²) in [4.78, 5) is 11.7. The second kappa shape index (κ2) is 7.82. The average molecular weight is 296 g/mol. The smallest absolute Gasteiger partial charge is 0.311 e. The molecule has 1 aliphatic heterocycles. The third-order valence-electron chi connectivity index (χ3n) is 4.76. The second-order valence-electron chi connectivity index (χ2n) is 6.31. The quantitative estimate of drug-likeness (QED) is 0.624. The van der Waals surface area contributed by atoms with Crippen LogP contribution in [0.4, 0.5) is 0 Å². The van der Waals surface area contributed by atoms with Crippen molar-refractivity contribution < 1.29 is 19.4 Å². The molecule has 0 aliphatic carbocycles. The maximum Gasteiger partial charge on any atom is 0.311 e. The highest BCUT2D eigenvalue weighted by molar-refractivity contribution is 5.72. The molecule has 0 saturated carbocycles. The molecule has 21 heavy (non-hydrogen) atoms. The number of esters is 1. The van der Waals surface area contributed by atoms with Crippen molar-refractivity contribution in [2.45, 2.75) is 58.8 Å². The lowest BCUT2D eigenvalue weighted by Crippen LogP contribution is -2.46. The summed E-state index contributed by atoms with van der Waals surface area (Å²) < 4.78 is 10.9. The van der Waals surface area contributed by atoms with Crippen LogP contribution in [0.3, 0.4) is 0 Å². The van der Waals surface area contributed by atoms with Gasteiger partial charge in [-0.2, -0.15) is 0 Å². The molecule has 4 nitrogen and oxygen atoms in total. The van der Waals surface area contributed by atoms with Crippen molar-refractivity contribution in [3.63, 3.8) is 0 Å². The van der Waals surface area contributed by atoms with Crippen LogP contribution in [-0.4, -0.2) is 36.5 Å². The lowest BCUT2D eigenvalue weighted by Gasteiger charge is -2.41. The van der Waals surface area contributed by atoms with Crippen LogP contribution in [-0.2, 0) is 14.3 Å². The van der Waals surface area contributed by atoms with Gasteiger partial charge in [-0.1, -0.05) is 13.8 Å². The maximum absolute atomic E-state index is 11.7.